The molecule has 266 valence electrons. The van der Waals surface area contributed by atoms with E-state index in [-0.39, 0.29) is 37.3 Å². The van der Waals surface area contributed by atoms with Gasteiger partial charge in [-0.3, -0.25) is 4.57 Å². The predicted octanol–water partition coefficient (Wildman–Crippen LogP) is 11.7. The van der Waals surface area contributed by atoms with Gasteiger partial charge in [0.1, 0.15) is 17.3 Å². The molecule has 0 atom stereocenters. The molecule has 0 spiro atoms. The molecule has 6 heteroatoms. The van der Waals surface area contributed by atoms with Gasteiger partial charge in [-0.25, -0.2) is 9.97 Å². The van der Waals surface area contributed by atoms with Gasteiger partial charge in [0.2, 0.25) is 0 Å². The standard InChI is InChI=1S/C46H45N4O.Pt/c1-44(2,3)29-24-35(42(51)36(25-29)46(7,8)9)28-20-21-33-31-15-10-12-18-37(31)49(39(33)23-28)40-26-30(45(4,5)6)27-41(48-40)50-38-19-13-11-16-32(38)34-17-14-22-47-43(34)50;/h10-22,24-27,51H,1-9H3;/q-1;. The number of phenols is 1. The van der Waals surface area contributed by atoms with Crippen LogP contribution >= 0.6 is 0 Å². The third-order valence-corrected chi connectivity index (χ3v) is 10.2. The number of pyridine rings is 2. The predicted molar refractivity (Wildman–Crippen MR) is 213 cm³/mol. The molecule has 4 aromatic carbocycles. The van der Waals surface area contributed by atoms with Crippen LogP contribution < -0.4 is 0 Å². The Morgan fingerprint density at radius 3 is 1.77 bits per heavy atom. The van der Waals surface area contributed by atoms with E-state index < -0.39 is 0 Å². The van der Waals surface area contributed by atoms with Gasteiger partial charge in [0.15, 0.2) is 0 Å². The van der Waals surface area contributed by atoms with Crippen molar-refractivity contribution in [2.45, 2.75) is 78.6 Å². The summed E-state index contributed by atoms with van der Waals surface area (Å²) in [4.78, 5) is 10.3. The van der Waals surface area contributed by atoms with Crippen molar-refractivity contribution in [3.8, 4) is 28.5 Å². The molecule has 0 saturated carbocycles. The minimum atomic E-state index is -0.242. The van der Waals surface area contributed by atoms with Crippen LogP contribution in [0.5, 0.6) is 5.75 Å². The first kappa shape index (κ1) is 35.7. The molecule has 1 N–H and O–H groups in total. The van der Waals surface area contributed by atoms with E-state index in [9.17, 15) is 5.11 Å². The van der Waals surface area contributed by atoms with Gasteiger partial charge in [0.25, 0.3) is 0 Å². The summed E-state index contributed by atoms with van der Waals surface area (Å²) in [6, 6.07) is 37.9. The largest absolute Gasteiger partial charge is 0.517 e. The molecular formula is C46H45N4OPt-. The first-order valence-corrected chi connectivity index (χ1v) is 17.8. The fourth-order valence-electron chi connectivity index (χ4n) is 7.32. The van der Waals surface area contributed by atoms with Crippen LogP contribution in [-0.2, 0) is 37.3 Å². The average Bonchev–Trinajstić information content (AvgIpc) is 3.59. The van der Waals surface area contributed by atoms with Gasteiger partial charge in [-0.05, 0) is 74.7 Å². The second-order valence-electron chi connectivity index (χ2n) is 17.0. The van der Waals surface area contributed by atoms with E-state index in [4.69, 9.17) is 9.97 Å². The smallest absolute Gasteiger partial charge is 0.146 e. The normalized spacial score (nSPS) is 12.6. The van der Waals surface area contributed by atoms with E-state index in [1.54, 1.807) is 0 Å². The maximum atomic E-state index is 11.9. The molecule has 4 heterocycles. The first-order chi connectivity index (χ1) is 24.1. The maximum Gasteiger partial charge on any atom is 0.146 e. The van der Waals surface area contributed by atoms with E-state index in [1.165, 1.54) is 5.56 Å². The summed E-state index contributed by atoms with van der Waals surface area (Å²) in [6.45, 7) is 19.9. The summed E-state index contributed by atoms with van der Waals surface area (Å²) in [6.07, 6.45) is 1.85. The van der Waals surface area contributed by atoms with Gasteiger partial charge in [0.05, 0.1) is 11.3 Å². The molecule has 8 aromatic rings. The van der Waals surface area contributed by atoms with E-state index in [1.807, 2.05) is 12.3 Å². The number of benzene rings is 4. The van der Waals surface area contributed by atoms with Crippen molar-refractivity contribution in [2.75, 3.05) is 0 Å². The van der Waals surface area contributed by atoms with Crippen LogP contribution in [0, 0.1) is 6.07 Å². The van der Waals surface area contributed by atoms with Crippen LogP contribution in [0.15, 0.2) is 103 Å². The zero-order valence-corrected chi connectivity index (χ0v) is 33.6. The number of nitrogens with zero attached hydrogens (tertiary/aromatic N) is 4. The van der Waals surface area contributed by atoms with Crippen molar-refractivity contribution in [3.63, 3.8) is 0 Å². The monoisotopic (exact) mass is 864 g/mol. The van der Waals surface area contributed by atoms with Crippen molar-refractivity contribution < 1.29 is 26.2 Å². The minimum absolute atomic E-state index is 0. The van der Waals surface area contributed by atoms with Gasteiger partial charge in [0, 0.05) is 43.6 Å². The van der Waals surface area contributed by atoms with Gasteiger partial charge in [-0.15, -0.1) is 23.8 Å². The molecule has 0 aliphatic carbocycles. The molecule has 0 radical (unpaired) electrons. The Morgan fingerprint density at radius 1 is 0.577 bits per heavy atom. The van der Waals surface area contributed by atoms with Gasteiger partial charge >= 0.3 is 0 Å². The number of phenolic OH excluding ortho intramolecular Hbond substituents is 1. The molecule has 4 aromatic heterocycles. The van der Waals surface area contributed by atoms with Crippen LogP contribution in [0.4, 0.5) is 0 Å². The van der Waals surface area contributed by atoms with Crippen LogP contribution in [0.1, 0.15) is 79.0 Å². The molecule has 0 aliphatic heterocycles. The Morgan fingerprint density at radius 2 is 1.13 bits per heavy atom. The van der Waals surface area contributed by atoms with E-state index >= 15 is 0 Å². The molecule has 8 rings (SSSR count). The maximum absolute atomic E-state index is 11.9. The summed E-state index contributed by atoms with van der Waals surface area (Å²) in [5, 5.41) is 16.3. The fourth-order valence-corrected chi connectivity index (χ4v) is 7.32. The summed E-state index contributed by atoms with van der Waals surface area (Å²) in [7, 11) is 0. The summed E-state index contributed by atoms with van der Waals surface area (Å²) >= 11 is 0. The quantitative estimate of drug-likeness (QED) is 0.180. The number of para-hydroxylation sites is 2. The van der Waals surface area contributed by atoms with Crippen LogP contribution in [0.2, 0.25) is 0 Å². The van der Waals surface area contributed by atoms with Crippen LogP contribution in [-0.4, -0.2) is 24.2 Å². The van der Waals surface area contributed by atoms with Crippen molar-refractivity contribution in [1.29, 1.82) is 0 Å². The SMILES string of the molecule is CC(C)(C)c1cc(-n2c3[c-]c(-c4cc(C(C)(C)C)cc(C(C)(C)C)c4O)ccc3c3ccccc32)nc(-n2c3ccccc3c3cccnc32)c1.[Pt]. The van der Waals surface area contributed by atoms with E-state index in [2.05, 4.69) is 169 Å². The fraction of sp³-hybridized carbons (Fsp3) is 0.261. The molecule has 0 bridgehead atoms. The minimum Gasteiger partial charge on any atom is -0.517 e. The Balaban J connectivity index is 0.00000420. The Hall–Kier alpha value is -4.73. The third-order valence-electron chi connectivity index (χ3n) is 10.2. The summed E-state index contributed by atoms with van der Waals surface area (Å²) in [5.74, 6) is 1.93. The molecule has 5 nitrogen and oxygen atoms in total. The number of fused-ring (bicyclic) bond motifs is 6. The molecule has 0 fully saturated rings. The molecule has 0 amide bonds. The molecule has 0 saturated heterocycles. The first-order valence-electron chi connectivity index (χ1n) is 17.8. The molecule has 0 unspecified atom stereocenters. The topological polar surface area (TPSA) is 55.9 Å². The second-order valence-corrected chi connectivity index (χ2v) is 17.0. The average molecular weight is 865 g/mol. The zero-order valence-electron chi connectivity index (χ0n) is 31.4. The van der Waals surface area contributed by atoms with Crippen molar-refractivity contribution in [3.05, 3.63) is 126 Å². The van der Waals surface area contributed by atoms with E-state index in [0.29, 0.717) is 5.75 Å². The summed E-state index contributed by atoms with van der Waals surface area (Å²) in [5.41, 5.74) is 8.32. The van der Waals surface area contributed by atoms with E-state index in [0.717, 1.165) is 77.6 Å². The number of aromatic hydroxyl groups is 1. The molecular weight excluding hydrogens is 820 g/mol. The zero-order chi connectivity index (χ0) is 36.0. The number of aromatic nitrogens is 4. The third kappa shape index (κ3) is 5.84. The van der Waals surface area contributed by atoms with Gasteiger partial charge in [-0.1, -0.05) is 127 Å². The van der Waals surface area contributed by atoms with Gasteiger partial charge < -0.3 is 9.67 Å². The number of hydrogen-bond acceptors (Lipinski definition) is 3. The van der Waals surface area contributed by atoms with Crippen molar-refractivity contribution >= 4 is 43.7 Å². The second kappa shape index (κ2) is 12.4. The number of hydrogen-bond donors (Lipinski definition) is 1. The van der Waals surface area contributed by atoms with Crippen LogP contribution in [0.25, 0.3) is 66.5 Å². The Labute approximate surface area is 320 Å². The number of rotatable bonds is 3. The summed E-state index contributed by atoms with van der Waals surface area (Å²) < 4.78 is 4.43. The Kier molecular flexibility index (Phi) is 8.54. The Bertz CT molecular complexity index is 2610. The molecule has 0 aliphatic rings. The van der Waals surface area contributed by atoms with Crippen LogP contribution in [0.3, 0.4) is 0 Å². The van der Waals surface area contributed by atoms with Crippen molar-refractivity contribution in [1.82, 2.24) is 19.1 Å². The van der Waals surface area contributed by atoms with Crippen molar-refractivity contribution in [2.24, 2.45) is 0 Å². The molecule has 52 heavy (non-hydrogen) atoms. The van der Waals surface area contributed by atoms with Gasteiger partial charge in [-0.2, -0.15) is 0 Å².